The summed E-state index contributed by atoms with van der Waals surface area (Å²) in [6.45, 7) is 1.98. The number of ether oxygens (including phenoxy) is 1. The van der Waals surface area contributed by atoms with Crippen molar-refractivity contribution in [3.63, 3.8) is 0 Å². The molecule has 0 aromatic carbocycles. The molecule has 0 fully saturated rings. The highest BCUT2D eigenvalue weighted by Crippen LogP contribution is 2.21. The van der Waals surface area contributed by atoms with Crippen LogP contribution in [0.4, 0.5) is 13.2 Å². The fourth-order valence-electron chi connectivity index (χ4n) is 1.37. The molecule has 2 N–H and O–H groups in total. The fraction of sp³-hybridized carbons (Fsp3) is 0.583. The maximum absolute atomic E-state index is 11.9. The first-order chi connectivity index (χ1) is 8.42. The van der Waals surface area contributed by atoms with E-state index < -0.39 is 12.6 Å². The molecule has 0 aliphatic heterocycles. The molecule has 1 rings (SSSR count). The van der Waals surface area contributed by atoms with Crippen LogP contribution in [0.5, 0.6) is 5.75 Å². The summed E-state index contributed by atoms with van der Waals surface area (Å²) < 4.78 is 40.8. The van der Waals surface area contributed by atoms with Crippen LogP contribution in [0.1, 0.15) is 37.9 Å². The molecular weight excluding hydrogens is 245 g/mol. The van der Waals surface area contributed by atoms with Crippen LogP contribution in [0.3, 0.4) is 0 Å². The zero-order valence-corrected chi connectivity index (χ0v) is 10.2. The minimum absolute atomic E-state index is 0.0281. The second-order valence-electron chi connectivity index (χ2n) is 4.00. The van der Waals surface area contributed by atoms with Crippen molar-refractivity contribution in [2.45, 2.75) is 38.4 Å². The van der Waals surface area contributed by atoms with Crippen LogP contribution in [0.2, 0.25) is 0 Å². The van der Waals surface area contributed by atoms with Gasteiger partial charge in [0, 0.05) is 12.5 Å². The first-order valence-corrected chi connectivity index (χ1v) is 5.83. The Labute approximate surface area is 104 Å². The third kappa shape index (κ3) is 5.35. The van der Waals surface area contributed by atoms with Crippen molar-refractivity contribution in [1.82, 2.24) is 4.98 Å². The highest BCUT2D eigenvalue weighted by Gasteiger charge is 2.26. The maximum atomic E-state index is 11.9. The smallest absolute Gasteiger partial charge is 0.389 e. The van der Waals surface area contributed by atoms with Gasteiger partial charge in [-0.1, -0.05) is 6.92 Å². The Hall–Kier alpha value is -1.30. The molecule has 3 nitrogen and oxygen atoms in total. The normalized spacial score (nSPS) is 13.4. The Morgan fingerprint density at radius 3 is 2.61 bits per heavy atom. The van der Waals surface area contributed by atoms with E-state index in [2.05, 4.69) is 4.98 Å². The summed E-state index contributed by atoms with van der Waals surface area (Å²) in [4.78, 5) is 4.10. The summed E-state index contributed by atoms with van der Waals surface area (Å²) in [6, 6.07) is 3.28. The van der Waals surface area contributed by atoms with E-state index in [0.717, 1.165) is 12.1 Å². The van der Waals surface area contributed by atoms with E-state index in [0.29, 0.717) is 5.75 Å². The Morgan fingerprint density at radius 1 is 1.39 bits per heavy atom. The third-order valence-corrected chi connectivity index (χ3v) is 2.45. The van der Waals surface area contributed by atoms with E-state index in [4.69, 9.17) is 10.5 Å². The lowest BCUT2D eigenvalue weighted by atomic mass is 10.1. The predicted octanol–water partition coefficient (Wildman–Crippen LogP) is 3.21. The molecule has 1 atom stereocenters. The monoisotopic (exact) mass is 262 g/mol. The molecule has 0 radical (unpaired) electrons. The zero-order valence-electron chi connectivity index (χ0n) is 10.2. The van der Waals surface area contributed by atoms with Crippen molar-refractivity contribution in [3.8, 4) is 5.75 Å². The summed E-state index contributed by atoms with van der Waals surface area (Å²) >= 11 is 0. The van der Waals surface area contributed by atoms with E-state index >= 15 is 0 Å². The fourth-order valence-corrected chi connectivity index (χ4v) is 1.37. The molecule has 0 bridgehead atoms. The van der Waals surface area contributed by atoms with Crippen molar-refractivity contribution in [2.75, 3.05) is 6.61 Å². The Bertz CT molecular complexity index is 351. The van der Waals surface area contributed by atoms with Crippen LogP contribution < -0.4 is 10.5 Å². The van der Waals surface area contributed by atoms with Gasteiger partial charge in [0.25, 0.3) is 0 Å². The lowest BCUT2D eigenvalue weighted by Gasteiger charge is -2.10. The second-order valence-corrected chi connectivity index (χ2v) is 4.00. The summed E-state index contributed by atoms with van der Waals surface area (Å²) in [7, 11) is 0. The molecule has 6 heteroatoms. The average Bonchev–Trinajstić information content (AvgIpc) is 2.33. The lowest BCUT2D eigenvalue weighted by molar-refractivity contribution is -0.136. The molecule has 1 heterocycles. The van der Waals surface area contributed by atoms with Crippen LogP contribution in [0.15, 0.2) is 18.3 Å². The molecule has 102 valence electrons. The molecule has 0 saturated heterocycles. The molecule has 1 unspecified atom stereocenters. The summed E-state index contributed by atoms with van der Waals surface area (Å²) in [6.07, 6.45) is -2.75. The van der Waals surface area contributed by atoms with Gasteiger partial charge in [0.05, 0.1) is 18.5 Å². The number of pyridine rings is 1. The molecule has 1 aromatic rings. The van der Waals surface area contributed by atoms with Crippen molar-refractivity contribution >= 4 is 0 Å². The summed E-state index contributed by atoms with van der Waals surface area (Å²) in [5.41, 5.74) is 6.54. The average molecular weight is 262 g/mol. The highest BCUT2D eigenvalue weighted by atomic mass is 19.4. The summed E-state index contributed by atoms with van der Waals surface area (Å²) in [5, 5.41) is 0. The van der Waals surface area contributed by atoms with Gasteiger partial charge in [-0.05, 0) is 25.0 Å². The minimum Gasteiger partial charge on any atom is -0.492 e. The quantitative estimate of drug-likeness (QED) is 0.801. The SMILES string of the molecule is CCC(N)c1ccc(OCCCC(F)(F)F)cn1. The number of hydrogen-bond donors (Lipinski definition) is 1. The Kier molecular flexibility index (Phi) is 5.40. The van der Waals surface area contributed by atoms with E-state index in [1.807, 2.05) is 6.92 Å². The van der Waals surface area contributed by atoms with Gasteiger partial charge in [-0.25, -0.2) is 0 Å². The van der Waals surface area contributed by atoms with Gasteiger partial charge < -0.3 is 10.5 Å². The molecule has 0 spiro atoms. The van der Waals surface area contributed by atoms with Gasteiger partial charge >= 0.3 is 6.18 Å². The minimum atomic E-state index is -4.13. The number of rotatable bonds is 6. The second kappa shape index (κ2) is 6.58. The number of halogens is 3. The van der Waals surface area contributed by atoms with Gasteiger partial charge in [-0.15, -0.1) is 0 Å². The Morgan fingerprint density at radius 2 is 2.11 bits per heavy atom. The van der Waals surface area contributed by atoms with Gasteiger partial charge in [-0.2, -0.15) is 13.2 Å². The van der Waals surface area contributed by atoms with Gasteiger partial charge in [0.2, 0.25) is 0 Å². The standard InChI is InChI=1S/C12H17F3N2O/c1-2-10(16)11-5-4-9(8-17-11)18-7-3-6-12(13,14)15/h4-5,8,10H,2-3,6-7,16H2,1H3. The first kappa shape index (κ1) is 14.8. The van der Waals surface area contributed by atoms with E-state index in [1.165, 1.54) is 6.20 Å². The van der Waals surface area contributed by atoms with Crippen molar-refractivity contribution in [2.24, 2.45) is 5.73 Å². The van der Waals surface area contributed by atoms with Gasteiger partial charge in [0.15, 0.2) is 0 Å². The largest absolute Gasteiger partial charge is 0.492 e. The van der Waals surface area contributed by atoms with Gasteiger partial charge in [0.1, 0.15) is 5.75 Å². The molecular formula is C12H17F3N2O. The molecule has 1 aromatic heterocycles. The van der Waals surface area contributed by atoms with E-state index in [1.54, 1.807) is 12.1 Å². The lowest BCUT2D eigenvalue weighted by Crippen LogP contribution is -2.11. The number of alkyl halides is 3. The van der Waals surface area contributed by atoms with Crippen LogP contribution in [-0.4, -0.2) is 17.8 Å². The molecule has 0 amide bonds. The number of nitrogens with zero attached hydrogens (tertiary/aromatic N) is 1. The molecule has 0 aliphatic rings. The van der Waals surface area contributed by atoms with Crippen molar-refractivity contribution < 1.29 is 17.9 Å². The summed E-state index contributed by atoms with van der Waals surface area (Å²) in [5.74, 6) is 0.462. The Balaban J connectivity index is 2.35. The maximum Gasteiger partial charge on any atom is 0.389 e. The first-order valence-electron chi connectivity index (χ1n) is 5.83. The highest BCUT2D eigenvalue weighted by molar-refractivity contribution is 5.21. The molecule has 18 heavy (non-hydrogen) atoms. The predicted molar refractivity (Wildman–Crippen MR) is 62.2 cm³/mol. The van der Waals surface area contributed by atoms with E-state index in [9.17, 15) is 13.2 Å². The van der Waals surface area contributed by atoms with Crippen LogP contribution in [-0.2, 0) is 0 Å². The number of hydrogen-bond acceptors (Lipinski definition) is 3. The van der Waals surface area contributed by atoms with Crippen molar-refractivity contribution in [3.05, 3.63) is 24.0 Å². The van der Waals surface area contributed by atoms with Crippen molar-refractivity contribution in [1.29, 1.82) is 0 Å². The van der Waals surface area contributed by atoms with Crippen LogP contribution in [0, 0.1) is 0 Å². The van der Waals surface area contributed by atoms with Crippen LogP contribution >= 0.6 is 0 Å². The number of nitrogens with two attached hydrogens (primary N) is 1. The molecule has 0 aliphatic carbocycles. The third-order valence-electron chi connectivity index (χ3n) is 2.45. The topological polar surface area (TPSA) is 48.1 Å². The molecule has 0 saturated carbocycles. The zero-order chi connectivity index (χ0) is 13.6. The van der Waals surface area contributed by atoms with Crippen LogP contribution in [0.25, 0.3) is 0 Å². The number of aromatic nitrogens is 1. The van der Waals surface area contributed by atoms with Gasteiger partial charge in [-0.3, -0.25) is 4.98 Å². The van der Waals surface area contributed by atoms with E-state index in [-0.39, 0.29) is 19.1 Å².